The van der Waals surface area contributed by atoms with E-state index >= 15 is 0 Å². The number of carbonyl (C=O) groups is 1. The van der Waals surface area contributed by atoms with Crippen LogP contribution in [0.1, 0.15) is 39.0 Å². The van der Waals surface area contributed by atoms with Gasteiger partial charge < -0.3 is 15.4 Å². The Morgan fingerprint density at radius 3 is 2.56 bits per heavy atom. The van der Waals surface area contributed by atoms with Crippen LogP contribution in [0.3, 0.4) is 0 Å². The lowest BCUT2D eigenvalue weighted by Gasteiger charge is -2.35. The molecule has 0 spiro atoms. The average molecular weight is 254 g/mol. The third-order valence-corrected chi connectivity index (χ3v) is 4.45. The van der Waals surface area contributed by atoms with Crippen LogP contribution in [0.2, 0.25) is 0 Å². The fraction of sp³-hybridized carbons (Fsp3) is 0.929. The lowest BCUT2D eigenvalue weighted by molar-refractivity contribution is -0.140. The molecule has 2 rings (SSSR count). The number of nitrogens with two attached hydrogens (primary N) is 1. The Bertz CT molecular complexity index is 275. The third-order valence-electron chi connectivity index (χ3n) is 4.45. The van der Waals surface area contributed by atoms with Gasteiger partial charge in [-0.1, -0.05) is 0 Å². The molecule has 0 aromatic rings. The monoisotopic (exact) mass is 254 g/mol. The highest BCUT2D eigenvalue weighted by Gasteiger charge is 2.27. The van der Waals surface area contributed by atoms with Gasteiger partial charge >= 0.3 is 0 Å². The van der Waals surface area contributed by atoms with E-state index < -0.39 is 0 Å². The first-order chi connectivity index (χ1) is 8.70. The summed E-state index contributed by atoms with van der Waals surface area (Å²) in [6.07, 6.45) is 5.47. The molecule has 1 heterocycles. The van der Waals surface area contributed by atoms with Crippen molar-refractivity contribution < 1.29 is 9.53 Å². The average Bonchev–Trinajstić information content (AvgIpc) is 2.40. The molecule has 1 atom stereocenters. The maximum Gasteiger partial charge on any atom is 0.223 e. The summed E-state index contributed by atoms with van der Waals surface area (Å²) in [5.41, 5.74) is 5.70. The van der Waals surface area contributed by atoms with Gasteiger partial charge in [-0.25, -0.2) is 0 Å². The second-order valence-corrected chi connectivity index (χ2v) is 5.84. The Balaban J connectivity index is 1.77. The summed E-state index contributed by atoms with van der Waals surface area (Å²) >= 11 is 0. The van der Waals surface area contributed by atoms with Crippen molar-refractivity contribution in [3.8, 4) is 0 Å². The van der Waals surface area contributed by atoms with Gasteiger partial charge in [-0.2, -0.15) is 0 Å². The maximum atomic E-state index is 12.3. The van der Waals surface area contributed by atoms with Crippen molar-refractivity contribution in [1.82, 2.24) is 4.90 Å². The van der Waals surface area contributed by atoms with Crippen LogP contribution in [0, 0.1) is 11.8 Å². The molecule has 4 heteroatoms. The highest BCUT2D eigenvalue weighted by Crippen LogP contribution is 2.30. The highest BCUT2D eigenvalue weighted by atomic mass is 16.5. The predicted octanol–water partition coefficient (Wildman–Crippen LogP) is 1.39. The normalized spacial score (nSPS) is 33.4. The minimum atomic E-state index is 0.242. The summed E-state index contributed by atoms with van der Waals surface area (Å²) in [5, 5.41) is 0. The number of hydrogen-bond donors (Lipinski definition) is 1. The molecule has 1 saturated heterocycles. The van der Waals surface area contributed by atoms with Crippen molar-refractivity contribution in [2.75, 3.05) is 26.3 Å². The minimum absolute atomic E-state index is 0.242. The van der Waals surface area contributed by atoms with Crippen LogP contribution in [0.25, 0.3) is 0 Å². The van der Waals surface area contributed by atoms with Gasteiger partial charge in [0.25, 0.3) is 0 Å². The summed E-state index contributed by atoms with van der Waals surface area (Å²) in [5.74, 6) is 1.59. The van der Waals surface area contributed by atoms with Crippen molar-refractivity contribution in [1.29, 1.82) is 0 Å². The third kappa shape index (κ3) is 3.45. The minimum Gasteiger partial charge on any atom is -0.377 e. The molecule has 2 aliphatic rings. The molecule has 1 unspecified atom stereocenters. The fourth-order valence-corrected chi connectivity index (χ4v) is 3.13. The number of nitrogens with zero attached hydrogens (tertiary/aromatic N) is 1. The van der Waals surface area contributed by atoms with Crippen LogP contribution in [0.5, 0.6) is 0 Å². The maximum absolute atomic E-state index is 12.3. The van der Waals surface area contributed by atoms with Crippen molar-refractivity contribution in [2.45, 2.75) is 45.1 Å². The van der Waals surface area contributed by atoms with E-state index in [0.717, 1.165) is 19.5 Å². The Hall–Kier alpha value is -0.610. The molecular weight excluding hydrogens is 228 g/mol. The van der Waals surface area contributed by atoms with Gasteiger partial charge in [0.05, 0.1) is 19.3 Å². The predicted molar refractivity (Wildman–Crippen MR) is 71.1 cm³/mol. The molecule has 1 aliphatic carbocycles. The van der Waals surface area contributed by atoms with Crippen LogP contribution in [-0.2, 0) is 9.53 Å². The number of ether oxygens (including phenoxy) is 1. The smallest absolute Gasteiger partial charge is 0.223 e. The molecule has 0 aromatic heterocycles. The van der Waals surface area contributed by atoms with Gasteiger partial charge in [-0.15, -0.1) is 0 Å². The molecule has 0 radical (unpaired) electrons. The fourth-order valence-electron chi connectivity index (χ4n) is 3.13. The van der Waals surface area contributed by atoms with E-state index in [0.29, 0.717) is 31.0 Å². The largest absolute Gasteiger partial charge is 0.377 e. The Morgan fingerprint density at radius 2 is 1.94 bits per heavy atom. The lowest BCUT2D eigenvalue weighted by Crippen LogP contribution is -2.47. The zero-order chi connectivity index (χ0) is 13.0. The lowest BCUT2D eigenvalue weighted by atomic mass is 9.80. The second kappa shape index (κ2) is 6.53. The molecule has 1 saturated carbocycles. The van der Waals surface area contributed by atoms with Gasteiger partial charge in [-0.3, -0.25) is 4.79 Å². The summed E-state index contributed by atoms with van der Waals surface area (Å²) < 4.78 is 5.37. The van der Waals surface area contributed by atoms with E-state index in [2.05, 4.69) is 6.92 Å². The zero-order valence-corrected chi connectivity index (χ0v) is 11.4. The first-order valence-corrected chi connectivity index (χ1v) is 7.28. The number of rotatable bonds is 3. The van der Waals surface area contributed by atoms with Gasteiger partial charge in [0, 0.05) is 13.0 Å². The quantitative estimate of drug-likeness (QED) is 0.828. The highest BCUT2D eigenvalue weighted by molar-refractivity contribution is 5.76. The Morgan fingerprint density at radius 1 is 1.28 bits per heavy atom. The van der Waals surface area contributed by atoms with Gasteiger partial charge in [-0.05, 0) is 51.0 Å². The molecule has 1 amide bonds. The molecule has 104 valence electrons. The molecule has 2 fully saturated rings. The standard InChI is InChI=1S/C14H26N2O2/c1-11-10-18-7-6-16(11)14(17)8-12-2-4-13(9-15)5-3-12/h11-13H,2-10,15H2,1H3. The number of amides is 1. The first-order valence-electron chi connectivity index (χ1n) is 7.28. The van der Waals surface area contributed by atoms with E-state index in [1.165, 1.54) is 25.7 Å². The van der Waals surface area contributed by atoms with E-state index in [1.807, 2.05) is 4.90 Å². The van der Waals surface area contributed by atoms with Crippen LogP contribution in [0.15, 0.2) is 0 Å². The molecule has 4 nitrogen and oxygen atoms in total. The van der Waals surface area contributed by atoms with Crippen LogP contribution in [-0.4, -0.2) is 43.2 Å². The summed E-state index contributed by atoms with van der Waals surface area (Å²) in [6.45, 7) is 5.02. The van der Waals surface area contributed by atoms with E-state index in [9.17, 15) is 4.79 Å². The van der Waals surface area contributed by atoms with Crippen LogP contribution in [0.4, 0.5) is 0 Å². The molecule has 0 aromatic carbocycles. The van der Waals surface area contributed by atoms with Crippen LogP contribution < -0.4 is 5.73 Å². The number of morpholine rings is 1. The summed E-state index contributed by atoms with van der Waals surface area (Å²) in [6, 6.07) is 0.242. The Kier molecular flexibility index (Phi) is 5.01. The molecule has 18 heavy (non-hydrogen) atoms. The van der Waals surface area contributed by atoms with Gasteiger partial charge in [0.15, 0.2) is 0 Å². The van der Waals surface area contributed by atoms with E-state index in [-0.39, 0.29) is 6.04 Å². The number of carbonyl (C=O) groups excluding carboxylic acids is 1. The van der Waals surface area contributed by atoms with Gasteiger partial charge in [0.1, 0.15) is 0 Å². The van der Waals surface area contributed by atoms with Gasteiger partial charge in [0.2, 0.25) is 5.91 Å². The first kappa shape index (κ1) is 13.8. The topological polar surface area (TPSA) is 55.6 Å². The van der Waals surface area contributed by atoms with Crippen molar-refractivity contribution in [3.05, 3.63) is 0 Å². The zero-order valence-electron chi connectivity index (χ0n) is 11.4. The Labute approximate surface area is 110 Å². The molecular formula is C14H26N2O2. The molecule has 2 N–H and O–H groups in total. The number of hydrogen-bond acceptors (Lipinski definition) is 3. The second-order valence-electron chi connectivity index (χ2n) is 5.84. The molecule has 0 bridgehead atoms. The summed E-state index contributed by atoms with van der Waals surface area (Å²) in [7, 11) is 0. The van der Waals surface area contributed by atoms with Crippen molar-refractivity contribution >= 4 is 5.91 Å². The van der Waals surface area contributed by atoms with Crippen molar-refractivity contribution in [3.63, 3.8) is 0 Å². The van der Waals surface area contributed by atoms with E-state index in [1.54, 1.807) is 0 Å². The van der Waals surface area contributed by atoms with Crippen molar-refractivity contribution in [2.24, 2.45) is 17.6 Å². The molecule has 1 aliphatic heterocycles. The van der Waals surface area contributed by atoms with Crippen LogP contribution >= 0.6 is 0 Å². The SMILES string of the molecule is CC1COCCN1C(=O)CC1CCC(CN)CC1. The summed E-state index contributed by atoms with van der Waals surface area (Å²) in [4.78, 5) is 14.3. The van der Waals surface area contributed by atoms with E-state index in [4.69, 9.17) is 10.5 Å².